The van der Waals surface area contributed by atoms with E-state index >= 15 is 0 Å². The quantitative estimate of drug-likeness (QED) is 0.520. The summed E-state index contributed by atoms with van der Waals surface area (Å²) >= 11 is 1.77. The van der Waals surface area contributed by atoms with Crippen LogP contribution in [0, 0.1) is 14.9 Å². The first-order valence-corrected chi connectivity index (χ1v) is 8.02. The summed E-state index contributed by atoms with van der Waals surface area (Å²) in [5.74, 6) is -4.48. The molecule has 0 bridgehead atoms. The van der Waals surface area contributed by atoms with Crippen LogP contribution in [-0.4, -0.2) is 33.0 Å². The molecule has 1 aliphatic rings. The Morgan fingerprint density at radius 3 is 2.44 bits per heavy atom. The number of alkyl halides is 3. The Bertz CT molecular complexity index is 1100. The second-order valence-corrected chi connectivity index (χ2v) is 6.71. The van der Waals surface area contributed by atoms with Gasteiger partial charge in [-0.3, -0.25) is 4.79 Å². The van der Waals surface area contributed by atoms with Gasteiger partial charge in [0.1, 0.15) is 11.6 Å². The van der Waals surface area contributed by atoms with Crippen LogP contribution in [0.15, 0.2) is 29.7 Å². The van der Waals surface area contributed by atoms with Gasteiger partial charge in [0, 0.05) is 8.96 Å². The molecule has 0 spiro atoms. The zero-order valence-electron chi connectivity index (χ0n) is 12.8. The van der Waals surface area contributed by atoms with Crippen LogP contribution in [0.2, 0.25) is 0 Å². The van der Waals surface area contributed by atoms with E-state index in [1.54, 1.807) is 22.6 Å². The molecular formula is C15H7F3IN3O5. The predicted molar refractivity (Wildman–Crippen MR) is 90.9 cm³/mol. The third kappa shape index (κ3) is 2.27. The first kappa shape index (κ1) is 18.8. The number of aliphatic carboxylic acids is 1. The Hall–Kier alpha value is -2.95. The van der Waals surface area contributed by atoms with E-state index in [-0.39, 0.29) is 10.9 Å². The summed E-state index contributed by atoms with van der Waals surface area (Å²) in [7, 11) is 0. The molecule has 0 saturated heterocycles. The number of aromatic nitrogens is 1. The van der Waals surface area contributed by atoms with Crippen molar-refractivity contribution < 1.29 is 37.7 Å². The third-order valence-electron chi connectivity index (χ3n) is 4.14. The maximum absolute atomic E-state index is 14.1. The van der Waals surface area contributed by atoms with Gasteiger partial charge in [0.05, 0.1) is 11.1 Å². The van der Waals surface area contributed by atoms with Gasteiger partial charge in [0.2, 0.25) is 17.2 Å². The van der Waals surface area contributed by atoms with Crippen molar-refractivity contribution in [3.63, 3.8) is 0 Å². The Morgan fingerprint density at radius 1 is 1.33 bits per heavy atom. The summed E-state index contributed by atoms with van der Waals surface area (Å²) in [6.45, 7) is 0. The fourth-order valence-electron chi connectivity index (χ4n) is 3.11. The summed E-state index contributed by atoms with van der Waals surface area (Å²) in [4.78, 5) is 23.6. The van der Waals surface area contributed by atoms with Crippen molar-refractivity contribution in [1.82, 2.24) is 4.57 Å². The summed E-state index contributed by atoms with van der Waals surface area (Å²) in [6.07, 6.45) is -7.23. The molecule has 1 aliphatic heterocycles. The van der Waals surface area contributed by atoms with Gasteiger partial charge in [-0.15, -0.1) is 0 Å². The molecule has 27 heavy (non-hydrogen) atoms. The highest BCUT2D eigenvalue weighted by molar-refractivity contribution is 14.1. The maximum Gasteiger partial charge on any atom is 0.418 e. The minimum atomic E-state index is -5.52. The molecule has 12 heteroatoms. The van der Waals surface area contributed by atoms with Crippen molar-refractivity contribution in [2.75, 3.05) is 0 Å². The van der Waals surface area contributed by atoms with Crippen LogP contribution >= 0.6 is 22.6 Å². The number of nitrogens with zero attached hydrogens (tertiary/aromatic N) is 2. The molecule has 0 radical (unpaired) electrons. The van der Waals surface area contributed by atoms with E-state index in [0.29, 0.717) is 8.14 Å². The molecular weight excluding hydrogens is 486 g/mol. The number of nitrogens with two attached hydrogens (primary N) is 1. The first-order valence-electron chi connectivity index (χ1n) is 6.94. The number of ether oxygens (including phenoxy) is 1. The lowest BCUT2D eigenvalue weighted by molar-refractivity contribution is -0.197. The lowest BCUT2D eigenvalue weighted by atomic mass is 9.72. The number of hydrogen-bond acceptors (Lipinski definition) is 5. The summed E-state index contributed by atoms with van der Waals surface area (Å²) < 4.78 is 48.2. The fraction of sp³-hybridized carbons (Fsp3) is 0.133. The van der Waals surface area contributed by atoms with Gasteiger partial charge >= 0.3 is 18.2 Å². The van der Waals surface area contributed by atoms with Crippen molar-refractivity contribution in [2.45, 2.75) is 11.6 Å². The number of benzene rings is 1. The molecule has 2 heterocycles. The van der Waals surface area contributed by atoms with Gasteiger partial charge in [-0.2, -0.15) is 18.4 Å². The molecule has 3 rings (SSSR count). The smallest absolute Gasteiger partial charge is 0.418 e. The maximum atomic E-state index is 14.1. The van der Waals surface area contributed by atoms with Crippen molar-refractivity contribution in [2.24, 2.45) is 5.73 Å². The highest BCUT2D eigenvalue weighted by atomic mass is 127. The van der Waals surface area contributed by atoms with E-state index in [4.69, 9.17) is 10.5 Å². The lowest BCUT2D eigenvalue weighted by Crippen LogP contribution is -2.53. The second kappa shape index (κ2) is 5.78. The number of fused-ring (bicyclic) bond motifs is 3. The minimum Gasteiger partial charge on any atom is -0.480 e. The Labute approximate surface area is 161 Å². The highest BCUT2D eigenvalue weighted by Gasteiger charge is 2.70. The molecule has 8 nitrogen and oxygen atoms in total. The van der Waals surface area contributed by atoms with Gasteiger partial charge in [0.15, 0.2) is 0 Å². The van der Waals surface area contributed by atoms with Crippen molar-refractivity contribution >= 4 is 45.6 Å². The topological polar surface area (TPSA) is 139 Å². The number of carbonyl (C=O) groups is 2. The van der Waals surface area contributed by atoms with Crippen LogP contribution in [0.3, 0.4) is 0 Å². The van der Waals surface area contributed by atoms with E-state index in [0.717, 1.165) is 6.07 Å². The van der Waals surface area contributed by atoms with Crippen molar-refractivity contribution in [3.05, 3.63) is 38.8 Å². The van der Waals surface area contributed by atoms with E-state index in [1.165, 1.54) is 18.2 Å². The average molecular weight is 493 g/mol. The highest BCUT2D eigenvalue weighted by Crippen LogP contribution is 2.55. The molecule has 0 unspecified atom stereocenters. The van der Waals surface area contributed by atoms with E-state index in [2.05, 4.69) is 0 Å². The number of hydrogen-bond donors (Lipinski definition) is 3. The van der Waals surface area contributed by atoms with Crippen LogP contribution in [0.5, 0.6) is 5.88 Å². The molecule has 0 amide bonds. The number of halogens is 4. The Morgan fingerprint density at radius 2 is 1.96 bits per heavy atom. The summed E-state index contributed by atoms with van der Waals surface area (Å²) in [6, 6.07) is 4.97. The molecule has 140 valence electrons. The molecule has 0 saturated carbocycles. The monoisotopic (exact) mass is 493 g/mol. The number of carboxylic acid groups (broad SMARTS) is 2. The number of carboxylic acids is 1. The lowest BCUT2D eigenvalue weighted by Gasteiger charge is -2.35. The molecule has 2 aromatic rings. The predicted octanol–water partition coefficient (Wildman–Crippen LogP) is 2.74. The zero-order valence-corrected chi connectivity index (χ0v) is 15.0. The van der Waals surface area contributed by atoms with Crippen molar-refractivity contribution in [3.8, 4) is 11.9 Å². The molecule has 1 aromatic carbocycles. The van der Waals surface area contributed by atoms with E-state index < -0.39 is 46.6 Å². The standard InChI is InChI=1S/C15H7F3IN3O5/c16-15(17,18)14(12(23)24)7(4-20)10(21)27-11-9(14)6-3-5(19)1-2-8(6)22(11)13(25)26/h1-3H,21H2,(H,23,24)(H,25,26)/t14-/m1/s1. The largest absolute Gasteiger partial charge is 0.480 e. The van der Waals surface area contributed by atoms with Crippen molar-refractivity contribution in [1.29, 1.82) is 5.26 Å². The van der Waals surface area contributed by atoms with E-state index in [1.807, 2.05) is 0 Å². The SMILES string of the molecule is N#CC1=C(N)Oc2c(c3cc(I)ccc3n2C(=O)O)[C@]1(C(=O)O)C(F)(F)F. The van der Waals surface area contributed by atoms with Gasteiger partial charge in [-0.25, -0.2) is 9.36 Å². The van der Waals surface area contributed by atoms with Gasteiger partial charge in [-0.05, 0) is 40.8 Å². The molecule has 4 N–H and O–H groups in total. The fourth-order valence-corrected chi connectivity index (χ4v) is 3.60. The molecule has 1 atom stereocenters. The molecule has 1 aromatic heterocycles. The normalized spacial score (nSPS) is 19.4. The average Bonchev–Trinajstić information content (AvgIpc) is 2.85. The second-order valence-electron chi connectivity index (χ2n) is 5.47. The number of rotatable bonds is 1. The molecule has 0 aliphatic carbocycles. The summed E-state index contributed by atoms with van der Waals surface area (Å²) in [5, 5.41) is 27.9. The van der Waals surface area contributed by atoms with Gasteiger partial charge < -0.3 is 20.7 Å². The Kier molecular flexibility index (Phi) is 4.03. The van der Waals surface area contributed by atoms with E-state index in [9.17, 15) is 38.2 Å². The number of nitriles is 1. The molecule has 0 fully saturated rings. The Balaban J connectivity index is 2.67. The van der Waals surface area contributed by atoms with Crippen LogP contribution in [0.4, 0.5) is 18.0 Å². The zero-order chi connectivity index (χ0) is 20.3. The van der Waals surface area contributed by atoms with Gasteiger partial charge in [0.25, 0.3) is 0 Å². The van der Waals surface area contributed by atoms with Crippen LogP contribution in [0.1, 0.15) is 5.56 Å². The minimum absolute atomic E-state index is 0.241. The third-order valence-corrected chi connectivity index (χ3v) is 4.81. The summed E-state index contributed by atoms with van der Waals surface area (Å²) in [5.41, 5.74) is -1.11. The van der Waals surface area contributed by atoms with Gasteiger partial charge in [-0.1, -0.05) is 0 Å². The van der Waals surface area contributed by atoms with Crippen LogP contribution in [-0.2, 0) is 10.2 Å². The van der Waals surface area contributed by atoms with Crippen LogP contribution < -0.4 is 10.5 Å². The van der Waals surface area contributed by atoms with Crippen LogP contribution in [0.25, 0.3) is 10.9 Å². The first-order chi connectivity index (χ1) is 12.5.